The van der Waals surface area contributed by atoms with E-state index in [9.17, 15) is 25.9 Å². The van der Waals surface area contributed by atoms with E-state index in [0.717, 1.165) is 19.3 Å². The van der Waals surface area contributed by atoms with Gasteiger partial charge in [0, 0.05) is 10.8 Å². The summed E-state index contributed by atoms with van der Waals surface area (Å²) in [6, 6.07) is 6.80. The van der Waals surface area contributed by atoms with Gasteiger partial charge in [-0.3, -0.25) is 9.11 Å². The van der Waals surface area contributed by atoms with E-state index in [2.05, 4.69) is 0 Å². The Morgan fingerprint density at radius 2 is 1.52 bits per heavy atom. The minimum Gasteiger partial charge on any atom is -0.282 e. The summed E-state index contributed by atoms with van der Waals surface area (Å²) in [5.41, 5.74) is 0.592. The molecule has 0 aliphatic carbocycles. The van der Waals surface area contributed by atoms with Gasteiger partial charge < -0.3 is 0 Å². The third-order valence-electron chi connectivity index (χ3n) is 3.60. The summed E-state index contributed by atoms with van der Waals surface area (Å²) in [7, 11) is -9.03. The SMILES string of the molecule is CCCCCc1cc(S(=O)(=O)O)c2cccc(S(=O)(=O)O)c2c1. The van der Waals surface area contributed by atoms with Gasteiger partial charge >= 0.3 is 0 Å². The van der Waals surface area contributed by atoms with Crippen molar-refractivity contribution < 1.29 is 25.9 Å². The van der Waals surface area contributed by atoms with Crippen molar-refractivity contribution in [2.45, 2.75) is 42.4 Å². The maximum absolute atomic E-state index is 11.6. The zero-order chi connectivity index (χ0) is 17.3. The minimum absolute atomic E-state index is 0.0573. The van der Waals surface area contributed by atoms with Gasteiger partial charge in [0.05, 0.1) is 0 Å². The van der Waals surface area contributed by atoms with Gasteiger partial charge in [-0.2, -0.15) is 16.8 Å². The third kappa shape index (κ3) is 4.08. The van der Waals surface area contributed by atoms with Crippen LogP contribution in [-0.4, -0.2) is 25.9 Å². The monoisotopic (exact) mass is 358 g/mol. The standard InChI is InChI=1S/C15H18O6S2/c1-2-3-4-6-11-9-13-12(15(10-11)23(19,20)21)7-5-8-14(13)22(16,17)18/h5,7-10H,2-4,6H2,1H3,(H,16,17,18)(H,19,20,21). The van der Waals surface area contributed by atoms with Crippen molar-refractivity contribution in [3.05, 3.63) is 35.9 Å². The van der Waals surface area contributed by atoms with Gasteiger partial charge in [-0.05, 0) is 36.6 Å². The van der Waals surface area contributed by atoms with Gasteiger partial charge in [0.1, 0.15) is 9.79 Å². The fraction of sp³-hybridized carbons (Fsp3) is 0.333. The molecule has 6 nitrogen and oxygen atoms in total. The van der Waals surface area contributed by atoms with Crippen LogP contribution in [-0.2, 0) is 26.7 Å². The maximum Gasteiger partial charge on any atom is 0.295 e. The van der Waals surface area contributed by atoms with E-state index in [1.54, 1.807) is 6.07 Å². The quantitative estimate of drug-likeness (QED) is 0.607. The van der Waals surface area contributed by atoms with E-state index in [-0.39, 0.29) is 20.6 Å². The highest BCUT2D eigenvalue weighted by atomic mass is 32.2. The molecule has 0 unspecified atom stereocenters. The zero-order valence-corrected chi connectivity index (χ0v) is 14.2. The van der Waals surface area contributed by atoms with Gasteiger partial charge in [0.2, 0.25) is 0 Å². The Hall–Kier alpha value is -1.48. The third-order valence-corrected chi connectivity index (χ3v) is 5.41. The van der Waals surface area contributed by atoms with Gasteiger partial charge in [-0.15, -0.1) is 0 Å². The fourth-order valence-corrected chi connectivity index (χ4v) is 4.00. The first-order chi connectivity index (χ1) is 10.6. The molecule has 2 rings (SSSR count). The predicted molar refractivity (Wildman–Crippen MR) is 86.8 cm³/mol. The topological polar surface area (TPSA) is 109 Å². The molecule has 23 heavy (non-hydrogen) atoms. The average molecular weight is 358 g/mol. The van der Waals surface area contributed by atoms with E-state index in [0.29, 0.717) is 12.0 Å². The molecule has 8 heteroatoms. The van der Waals surface area contributed by atoms with Crippen molar-refractivity contribution in [3.8, 4) is 0 Å². The largest absolute Gasteiger partial charge is 0.295 e. The van der Waals surface area contributed by atoms with Crippen LogP contribution in [0.1, 0.15) is 31.7 Å². The lowest BCUT2D eigenvalue weighted by atomic mass is 10.0. The van der Waals surface area contributed by atoms with E-state index < -0.39 is 20.2 Å². The molecule has 0 heterocycles. The van der Waals surface area contributed by atoms with Gasteiger partial charge in [0.15, 0.2) is 0 Å². The highest BCUT2D eigenvalue weighted by molar-refractivity contribution is 7.86. The van der Waals surface area contributed by atoms with Crippen LogP contribution < -0.4 is 0 Å². The van der Waals surface area contributed by atoms with E-state index in [4.69, 9.17) is 0 Å². The fourth-order valence-electron chi connectivity index (χ4n) is 2.54. The molecule has 126 valence electrons. The second kappa shape index (κ2) is 6.56. The molecule has 2 aromatic rings. The first-order valence-electron chi connectivity index (χ1n) is 7.15. The summed E-state index contributed by atoms with van der Waals surface area (Å²) < 4.78 is 65.1. The maximum atomic E-state index is 11.6. The van der Waals surface area contributed by atoms with Crippen molar-refractivity contribution in [1.29, 1.82) is 0 Å². The molecule has 0 saturated carbocycles. The normalized spacial score (nSPS) is 12.7. The van der Waals surface area contributed by atoms with E-state index in [1.807, 2.05) is 6.92 Å². The van der Waals surface area contributed by atoms with Crippen molar-refractivity contribution >= 4 is 31.0 Å². The van der Waals surface area contributed by atoms with Crippen LogP contribution in [0.15, 0.2) is 40.1 Å². The molecule has 0 spiro atoms. The number of rotatable bonds is 6. The van der Waals surface area contributed by atoms with Crippen LogP contribution >= 0.6 is 0 Å². The Morgan fingerprint density at radius 1 is 0.870 bits per heavy atom. The second-order valence-corrected chi connectivity index (χ2v) is 8.13. The van der Waals surface area contributed by atoms with Gasteiger partial charge in [-0.25, -0.2) is 0 Å². The molecular weight excluding hydrogens is 340 g/mol. The van der Waals surface area contributed by atoms with Crippen LogP contribution in [0.5, 0.6) is 0 Å². The van der Waals surface area contributed by atoms with Crippen LogP contribution in [0, 0.1) is 0 Å². The predicted octanol–water partition coefficient (Wildman–Crippen LogP) is 3.07. The Balaban J connectivity index is 2.78. The molecule has 0 aliphatic rings. The summed E-state index contributed by atoms with van der Waals surface area (Å²) >= 11 is 0. The molecule has 0 radical (unpaired) electrons. The van der Waals surface area contributed by atoms with Crippen molar-refractivity contribution in [2.24, 2.45) is 0 Å². The highest BCUT2D eigenvalue weighted by Crippen LogP contribution is 2.30. The number of hydrogen-bond acceptors (Lipinski definition) is 4. The summed E-state index contributed by atoms with van der Waals surface area (Å²) in [6.07, 6.45) is 3.28. The lowest BCUT2D eigenvalue weighted by Crippen LogP contribution is -2.04. The Morgan fingerprint density at radius 3 is 2.09 bits per heavy atom. The van der Waals surface area contributed by atoms with Crippen molar-refractivity contribution in [2.75, 3.05) is 0 Å². The van der Waals surface area contributed by atoms with Crippen molar-refractivity contribution in [1.82, 2.24) is 0 Å². The van der Waals surface area contributed by atoms with Gasteiger partial charge in [0.25, 0.3) is 20.2 Å². The Kier molecular flexibility index (Phi) is 5.10. The average Bonchev–Trinajstić information content (AvgIpc) is 2.44. The number of unbranched alkanes of at least 4 members (excludes halogenated alkanes) is 2. The first-order valence-corrected chi connectivity index (χ1v) is 10.0. The molecule has 0 saturated heterocycles. The first kappa shape index (κ1) is 17.9. The summed E-state index contributed by atoms with van der Waals surface area (Å²) in [6.45, 7) is 2.03. The van der Waals surface area contributed by atoms with Crippen LogP contribution in [0.25, 0.3) is 10.8 Å². The Labute approximate surface area is 135 Å². The summed E-state index contributed by atoms with van der Waals surface area (Å²) in [5, 5.41) is 0.137. The van der Waals surface area contributed by atoms with E-state index in [1.165, 1.54) is 24.3 Å². The molecular formula is C15H18O6S2. The molecule has 0 atom stereocenters. The molecule has 0 amide bonds. The summed E-state index contributed by atoms with van der Waals surface area (Å²) in [4.78, 5) is -0.732. The zero-order valence-electron chi connectivity index (χ0n) is 12.6. The second-order valence-electron chi connectivity index (χ2n) is 5.35. The summed E-state index contributed by atoms with van der Waals surface area (Å²) in [5.74, 6) is 0. The number of fused-ring (bicyclic) bond motifs is 1. The van der Waals surface area contributed by atoms with Gasteiger partial charge in [-0.1, -0.05) is 31.9 Å². The minimum atomic E-state index is -4.52. The van der Waals surface area contributed by atoms with Crippen LogP contribution in [0.2, 0.25) is 0 Å². The Bertz CT molecular complexity index is 930. The van der Waals surface area contributed by atoms with Crippen LogP contribution in [0.3, 0.4) is 0 Å². The van der Waals surface area contributed by atoms with Crippen molar-refractivity contribution in [3.63, 3.8) is 0 Å². The molecule has 0 bridgehead atoms. The molecule has 0 aromatic heterocycles. The number of hydrogen-bond donors (Lipinski definition) is 2. The van der Waals surface area contributed by atoms with E-state index >= 15 is 0 Å². The molecule has 0 aliphatic heterocycles. The lowest BCUT2D eigenvalue weighted by molar-refractivity contribution is 0.481. The van der Waals surface area contributed by atoms with Crippen LogP contribution in [0.4, 0.5) is 0 Å². The lowest BCUT2D eigenvalue weighted by Gasteiger charge is -2.11. The highest BCUT2D eigenvalue weighted by Gasteiger charge is 2.20. The molecule has 2 N–H and O–H groups in total. The molecule has 0 fully saturated rings. The number of aryl methyl sites for hydroxylation is 1. The molecule has 2 aromatic carbocycles. The smallest absolute Gasteiger partial charge is 0.282 e. The number of benzene rings is 2.